The van der Waals surface area contributed by atoms with E-state index in [1.807, 2.05) is 42.5 Å². The third kappa shape index (κ3) is 2.62. The maximum absolute atomic E-state index is 12.6. The van der Waals surface area contributed by atoms with Gasteiger partial charge in [-0.2, -0.15) is 0 Å². The molecule has 0 fully saturated rings. The normalized spacial score (nSPS) is 10.4. The SMILES string of the molecule is Cl.O=c1c(-c2cccnc2)c[nH]n1-c1ccc2ccccc2n1. The van der Waals surface area contributed by atoms with Crippen LogP contribution in [0.3, 0.4) is 0 Å². The summed E-state index contributed by atoms with van der Waals surface area (Å²) in [4.78, 5) is 21.1. The van der Waals surface area contributed by atoms with Crippen LogP contribution < -0.4 is 5.56 Å². The van der Waals surface area contributed by atoms with Crippen molar-refractivity contribution in [3.63, 3.8) is 0 Å². The Kier molecular flexibility index (Phi) is 3.95. The highest BCUT2D eigenvalue weighted by Crippen LogP contribution is 2.16. The number of rotatable bonds is 2. The van der Waals surface area contributed by atoms with Crippen LogP contribution in [0, 0.1) is 0 Å². The van der Waals surface area contributed by atoms with Gasteiger partial charge in [-0.15, -0.1) is 12.4 Å². The zero-order chi connectivity index (χ0) is 14.9. The third-order valence-corrected chi connectivity index (χ3v) is 3.56. The second kappa shape index (κ2) is 6.06. The molecule has 0 spiro atoms. The van der Waals surface area contributed by atoms with Crippen LogP contribution in [0.15, 0.2) is 71.9 Å². The molecule has 3 heterocycles. The smallest absolute Gasteiger partial charge is 0.280 e. The molecule has 4 aromatic rings. The van der Waals surface area contributed by atoms with Crippen molar-refractivity contribution in [3.05, 3.63) is 77.5 Å². The van der Waals surface area contributed by atoms with Gasteiger partial charge < -0.3 is 0 Å². The van der Waals surface area contributed by atoms with Crippen molar-refractivity contribution in [1.82, 2.24) is 19.7 Å². The Balaban J connectivity index is 0.00000156. The molecule has 0 aliphatic heterocycles. The van der Waals surface area contributed by atoms with Gasteiger partial charge in [0.15, 0.2) is 5.82 Å². The Labute approximate surface area is 138 Å². The molecular weight excluding hydrogens is 312 g/mol. The highest BCUT2D eigenvalue weighted by atomic mass is 35.5. The maximum Gasteiger partial charge on any atom is 0.280 e. The number of nitrogens with zero attached hydrogens (tertiary/aromatic N) is 3. The summed E-state index contributed by atoms with van der Waals surface area (Å²) in [6, 6.07) is 15.3. The van der Waals surface area contributed by atoms with Crippen molar-refractivity contribution in [2.45, 2.75) is 0 Å². The Morgan fingerprint density at radius 1 is 1.00 bits per heavy atom. The minimum atomic E-state index is -0.143. The molecule has 0 atom stereocenters. The molecule has 23 heavy (non-hydrogen) atoms. The van der Waals surface area contributed by atoms with Crippen LogP contribution in [0.1, 0.15) is 0 Å². The van der Waals surface area contributed by atoms with Gasteiger partial charge in [-0.05, 0) is 24.3 Å². The highest BCUT2D eigenvalue weighted by Gasteiger charge is 2.11. The Morgan fingerprint density at radius 3 is 2.70 bits per heavy atom. The van der Waals surface area contributed by atoms with E-state index in [4.69, 9.17) is 0 Å². The van der Waals surface area contributed by atoms with Gasteiger partial charge >= 0.3 is 0 Å². The van der Waals surface area contributed by atoms with Crippen LogP contribution in [-0.2, 0) is 0 Å². The molecule has 1 N–H and O–H groups in total. The number of hydrogen-bond acceptors (Lipinski definition) is 3. The summed E-state index contributed by atoms with van der Waals surface area (Å²) < 4.78 is 1.44. The minimum absolute atomic E-state index is 0. The van der Waals surface area contributed by atoms with E-state index < -0.39 is 0 Å². The molecule has 3 aromatic heterocycles. The summed E-state index contributed by atoms with van der Waals surface area (Å²) in [5.41, 5.74) is 2.06. The monoisotopic (exact) mass is 324 g/mol. The number of H-pyrrole nitrogens is 1. The van der Waals surface area contributed by atoms with Crippen LogP contribution >= 0.6 is 12.4 Å². The van der Waals surface area contributed by atoms with E-state index in [0.29, 0.717) is 11.4 Å². The average Bonchev–Trinajstić information content (AvgIpc) is 2.97. The summed E-state index contributed by atoms with van der Waals surface area (Å²) in [6.45, 7) is 0. The van der Waals surface area contributed by atoms with Gasteiger partial charge in [-0.1, -0.05) is 24.3 Å². The van der Waals surface area contributed by atoms with Crippen molar-refractivity contribution in [2.24, 2.45) is 0 Å². The fourth-order valence-corrected chi connectivity index (χ4v) is 2.45. The zero-order valence-electron chi connectivity index (χ0n) is 12.0. The number of hydrogen-bond donors (Lipinski definition) is 1. The first-order chi connectivity index (χ1) is 10.8. The summed E-state index contributed by atoms with van der Waals surface area (Å²) in [6.07, 6.45) is 5.03. The number of aromatic amines is 1. The molecule has 4 rings (SSSR count). The second-order valence-electron chi connectivity index (χ2n) is 4.93. The molecule has 0 aliphatic rings. The van der Waals surface area contributed by atoms with Gasteiger partial charge in [0.05, 0.1) is 11.1 Å². The van der Waals surface area contributed by atoms with E-state index >= 15 is 0 Å². The molecule has 0 radical (unpaired) electrons. The van der Waals surface area contributed by atoms with Crippen molar-refractivity contribution < 1.29 is 0 Å². The zero-order valence-corrected chi connectivity index (χ0v) is 12.8. The molecule has 0 unspecified atom stereocenters. The van der Waals surface area contributed by atoms with Crippen LogP contribution in [0.25, 0.3) is 27.8 Å². The quantitative estimate of drug-likeness (QED) is 0.616. The standard InChI is InChI=1S/C17H12N4O.ClH/c22-17-14(13-5-3-9-18-10-13)11-19-21(17)16-8-7-12-4-1-2-6-15(12)20-16;/h1-11,19H;1H. The van der Waals surface area contributed by atoms with Crippen molar-refractivity contribution in [3.8, 4) is 16.9 Å². The Bertz CT molecular complexity index is 1010. The molecule has 0 amide bonds. The van der Waals surface area contributed by atoms with E-state index in [2.05, 4.69) is 15.1 Å². The first-order valence-electron chi connectivity index (χ1n) is 6.90. The number of benzene rings is 1. The molecule has 0 aliphatic carbocycles. The number of halogens is 1. The number of pyridine rings is 2. The fourth-order valence-electron chi connectivity index (χ4n) is 2.45. The number of aromatic nitrogens is 4. The number of nitrogens with one attached hydrogen (secondary N) is 1. The van der Waals surface area contributed by atoms with Crippen molar-refractivity contribution >= 4 is 23.3 Å². The summed E-state index contributed by atoms with van der Waals surface area (Å²) in [5, 5.41) is 4.01. The van der Waals surface area contributed by atoms with E-state index in [9.17, 15) is 4.79 Å². The predicted molar refractivity (Wildman–Crippen MR) is 92.2 cm³/mol. The van der Waals surface area contributed by atoms with E-state index in [1.165, 1.54) is 4.68 Å². The van der Waals surface area contributed by atoms with Gasteiger partial charge in [0.25, 0.3) is 5.56 Å². The van der Waals surface area contributed by atoms with Crippen LogP contribution in [0.5, 0.6) is 0 Å². The maximum atomic E-state index is 12.6. The van der Waals surface area contributed by atoms with Crippen molar-refractivity contribution in [1.29, 1.82) is 0 Å². The number of fused-ring (bicyclic) bond motifs is 1. The van der Waals surface area contributed by atoms with Crippen LogP contribution in [-0.4, -0.2) is 19.7 Å². The molecular formula is C17H13ClN4O. The summed E-state index contributed by atoms with van der Waals surface area (Å²) in [5.74, 6) is 0.568. The Hall–Kier alpha value is -2.92. The second-order valence-corrected chi connectivity index (χ2v) is 4.93. The average molecular weight is 325 g/mol. The van der Waals surface area contributed by atoms with Gasteiger partial charge in [0.1, 0.15) is 0 Å². The largest absolute Gasteiger partial charge is 0.296 e. The lowest BCUT2D eigenvalue weighted by Gasteiger charge is -2.02. The van der Waals surface area contributed by atoms with E-state index in [-0.39, 0.29) is 18.0 Å². The lowest BCUT2D eigenvalue weighted by Crippen LogP contribution is -2.16. The first-order valence-corrected chi connectivity index (χ1v) is 6.90. The van der Waals surface area contributed by atoms with Gasteiger partial charge in [0, 0.05) is 29.5 Å². The van der Waals surface area contributed by atoms with E-state index in [1.54, 1.807) is 24.7 Å². The molecule has 0 saturated carbocycles. The lowest BCUT2D eigenvalue weighted by atomic mass is 10.2. The minimum Gasteiger partial charge on any atom is -0.296 e. The molecule has 0 saturated heterocycles. The molecule has 5 nitrogen and oxygen atoms in total. The Morgan fingerprint density at radius 2 is 1.87 bits per heavy atom. The van der Waals surface area contributed by atoms with Crippen molar-refractivity contribution in [2.75, 3.05) is 0 Å². The molecule has 6 heteroatoms. The molecule has 114 valence electrons. The van der Waals surface area contributed by atoms with Crippen LogP contribution in [0.4, 0.5) is 0 Å². The summed E-state index contributed by atoms with van der Waals surface area (Å²) in [7, 11) is 0. The van der Waals surface area contributed by atoms with Gasteiger partial charge in [-0.3, -0.25) is 14.9 Å². The molecule has 0 bridgehead atoms. The van der Waals surface area contributed by atoms with Gasteiger partial charge in [-0.25, -0.2) is 9.67 Å². The molecule has 1 aromatic carbocycles. The van der Waals surface area contributed by atoms with Crippen LogP contribution in [0.2, 0.25) is 0 Å². The topological polar surface area (TPSA) is 63.6 Å². The fraction of sp³-hybridized carbons (Fsp3) is 0. The predicted octanol–water partition coefficient (Wildman–Crippen LogP) is 3.20. The van der Waals surface area contributed by atoms with Gasteiger partial charge in [0.2, 0.25) is 0 Å². The highest BCUT2D eigenvalue weighted by molar-refractivity contribution is 5.85. The lowest BCUT2D eigenvalue weighted by molar-refractivity contribution is 0.824. The third-order valence-electron chi connectivity index (χ3n) is 3.56. The number of para-hydroxylation sites is 1. The first kappa shape index (κ1) is 15.0. The van der Waals surface area contributed by atoms with E-state index in [0.717, 1.165) is 16.5 Å². The summed E-state index contributed by atoms with van der Waals surface area (Å²) >= 11 is 0.